The lowest BCUT2D eigenvalue weighted by atomic mass is 10.0. The Balaban J connectivity index is 1.21. The van der Waals surface area contributed by atoms with Crippen LogP contribution in [-0.2, 0) is 14.3 Å². The average Bonchev–Trinajstić information content (AvgIpc) is 3.37. The quantitative estimate of drug-likeness (QED) is 0.198. The van der Waals surface area contributed by atoms with E-state index in [9.17, 15) is 19.2 Å². The second-order valence-corrected chi connectivity index (χ2v) is 9.15. The minimum atomic E-state index is -0.480. The van der Waals surface area contributed by atoms with Gasteiger partial charge in [-0.1, -0.05) is 12.5 Å². The van der Waals surface area contributed by atoms with Crippen LogP contribution in [0.2, 0.25) is 0 Å². The van der Waals surface area contributed by atoms with Gasteiger partial charge in [-0.15, -0.1) is 0 Å². The Bertz CT molecular complexity index is 867. The monoisotopic (exact) mass is 478 g/mol. The van der Waals surface area contributed by atoms with Crippen molar-refractivity contribution in [2.45, 2.75) is 43.0 Å². The molecule has 1 aromatic rings. The molecule has 11 heteroatoms. The molecule has 2 saturated heterocycles. The van der Waals surface area contributed by atoms with Crippen LogP contribution in [0.3, 0.4) is 0 Å². The molecule has 4 amide bonds. The van der Waals surface area contributed by atoms with E-state index in [1.165, 1.54) is 13.2 Å². The molecule has 10 nitrogen and oxygen atoms in total. The van der Waals surface area contributed by atoms with Gasteiger partial charge in [-0.2, -0.15) is 11.8 Å². The van der Waals surface area contributed by atoms with Crippen LogP contribution in [-0.4, -0.2) is 73.7 Å². The summed E-state index contributed by atoms with van der Waals surface area (Å²) >= 11 is 1.87. The van der Waals surface area contributed by atoms with Crippen LogP contribution in [0, 0.1) is 0 Å². The van der Waals surface area contributed by atoms with Crippen LogP contribution < -0.4 is 26.0 Å². The lowest BCUT2D eigenvalue weighted by molar-refractivity contribution is -0.124. The summed E-state index contributed by atoms with van der Waals surface area (Å²) in [5.41, 5.74) is 0.339. The number of thioether (sulfide) groups is 1. The predicted molar refractivity (Wildman–Crippen MR) is 123 cm³/mol. The van der Waals surface area contributed by atoms with Crippen molar-refractivity contribution in [2.75, 3.05) is 32.6 Å². The van der Waals surface area contributed by atoms with E-state index in [-0.39, 0.29) is 36.5 Å². The number of hydrogen-bond donors (Lipinski definition) is 4. The Morgan fingerprint density at radius 2 is 1.91 bits per heavy atom. The first-order valence-electron chi connectivity index (χ1n) is 11.0. The molecule has 0 bridgehead atoms. The van der Waals surface area contributed by atoms with E-state index >= 15 is 0 Å². The molecular weight excluding hydrogens is 448 g/mol. The third kappa shape index (κ3) is 7.55. The Labute approximate surface area is 196 Å². The van der Waals surface area contributed by atoms with E-state index in [1.807, 2.05) is 11.8 Å². The van der Waals surface area contributed by atoms with Crippen LogP contribution in [0.5, 0.6) is 5.75 Å². The molecule has 2 fully saturated rings. The number of carbonyl (C=O) groups excluding carboxylic acids is 4. The van der Waals surface area contributed by atoms with Gasteiger partial charge in [-0.3, -0.25) is 9.59 Å². The van der Waals surface area contributed by atoms with E-state index in [2.05, 4.69) is 26.0 Å². The van der Waals surface area contributed by atoms with Gasteiger partial charge in [-0.25, -0.2) is 9.59 Å². The van der Waals surface area contributed by atoms with Gasteiger partial charge < -0.3 is 30.7 Å². The normalized spacial score (nSPS) is 20.9. The molecule has 2 aliphatic rings. The average molecular weight is 479 g/mol. The largest absolute Gasteiger partial charge is 0.484 e. The zero-order chi connectivity index (χ0) is 23.6. The standard InChI is InChI=1S/C22H30N4O6S/c1-31-21(29)14-5-4-6-15(11-14)32-12-19(28)24-10-9-23-18(27)8-3-2-7-17-20-16(13-33-17)25-22(30)26-20/h4-6,11,16-17,20H,2-3,7-10,12-13H2,1H3,(H,23,27)(H,24,28)(H2,25,26,30)/t16-,17-,20-/m0/s1. The first-order valence-corrected chi connectivity index (χ1v) is 12.0. The van der Waals surface area contributed by atoms with Crippen LogP contribution in [0.15, 0.2) is 24.3 Å². The van der Waals surface area contributed by atoms with E-state index in [4.69, 9.17) is 4.74 Å². The van der Waals surface area contributed by atoms with Gasteiger partial charge in [0, 0.05) is 30.5 Å². The lowest BCUT2D eigenvalue weighted by Gasteiger charge is -2.16. The molecule has 3 rings (SSSR count). The second kappa shape index (κ2) is 12.3. The maximum absolute atomic E-state index is 12.0. The fourth-order valence-corrected chi connectivity index (χ4v) is 5.34. The highest BCUT2D eigenvalue weighted by Crippen LogP contribution is 2.33. The number of fused-ring (bicyclic) bond motifs is 1. The van der Waals surface area contributed by atoms with Gasteiger partial charge in [0.1, 0.15) is 5.75 Å². The Kier molecular flexibility index (Phi) is 9.23. The summed E-state index contributed by atoms with van der Waals surface area (Å²) in [6, 6.07) is 6.72. The summed E-state index contributed by atoms with van der Waals surface area (Å²) in [5.74, 6) is 0.470. The van der Waals surface area contributed by atoms with Crippen molar-refractivity contribution in [3.8, 4) is 5.75 Å². The van der Waals surface area contributed by atoms with Gasteiger partial charge >= 0.3 is 12.0 Å². The highest BCUT2D eigenvalue weighted by atomic mass is 32.2. The summed E-state index contributed by atoms with van der Waals surface area (Å²) in [5, 5.41) is 11.8. The fourth-order valence-electron chi connectivity index (χ4n) is 3.80. The number of carbonyl (C=O) groups is 4. The number of ether oxygens (including phenoxy) is 2. The molecule has 2 aliphatic heterocycles. The third-order valence-corrected chi connectivity index (χ3v) is 6.98. The number of methoxy groups -OCH3 is 1. The van der Waals surface area contributed by atoms with E-state index in [0.29, 0.717) is 36.1 Å². The predicted octanol–water partition coefficient (Wildman–Crippen LogP) is 0.810. The molecular formula is C22H30N4O6S. The van der Waals surface area contributed by atoms with Crippen LogP contribution >= 0.6 is 11.8 Å². The number of esters is 1. The molecule has 0 radical (unpaired) electrons. The fraction of sp³-hybridized carbons (Fsp3) is 0.545. The zero-order valence-electron chi connectivity index (χ0n) is 18.6. The number of hydrogen-bond acceptors (Lipinski definition) is 7. The van der Waals surface area contributed by atoms with Gasteiger partial charge in [0.25, 0.3) is 5.91 Å². The minimum Gasteiger partial charge on any atom is -0.484 e. The van der Waals surface area contributed by atoms with Crippen molar-refractivity contribution in [1.82, 2.24) is 21.3 Å². The highest BCUT2D eigenvalue weighted by molar-refractivity contribution is 8.00. The first-order chi connectivity index (χ1) is 16.0. The van der Waals surface area contributed by atoms with Crippen molar-refractivity contribution >= 4 is 35.6 Å². The lowest BCUT2D eigenvalue weighted by Crippen LogP contribution is -2.37. The number of amides is 4. The number of urea groups is 1. The topological polar surface area (TPSA) is 135 Å². The zero-order valence-corrected chi connectivity index (χ0v) is 19.4. The Morgan fingerprint density at radius 3 is 2.70 bits per heavy atom. The van der Waals surface area contributed by atoms with Crippen molar-refractivity contribution in [3.05, 3.63) is 29.8 Å². The molecule has 3 atom stereocenters. The van der Waals surface area contributed by atoms with Crippen LogP contribution in [0.4, 0.5) is 4.79 Å². The molecule has 180 valence electrons. The number of benzene rings is 1. The maximum Gasteiger partial charge on any atom is 0.337 e. The third-order valence-electron chi connectivity index (χ3n) is 5.48. The summed E-state index contributed by atoms with van der Waals surface area (Å²) in [6.45, 7) is 0.433. The van der Waals surface area contributed by atoms with Gasteiger partial charge in [-0.05, 0) is 31.0 Å². The smallest absolute Gasteiger partial charge is 0.337 e. The maximum atomic E-state index is 12.0. The van der Waals surface area contributed by atoms with Crippen LogP contribution in [0.25, 0.3) is 0 Å². The van der Waals surface area contributed by atoms with Crippen molar-refractivity contribution in [1.29, 1.82) is 0 Å². The Hall–Kier alpha value is -2.95. The molecule has 4 N–H and O–H groups in total. The van der Waals surface area contributed by atoms with Crippen molar-refractivity contribution in [3.63, 3.8) is 0 Å². The molecule has 0 saturated carbocycles. The summed E-state index contributed by atoms with van der Waals surface area (Å²) < 4.78 is 10.0. The van der Waals surface area contributed by atoms with E-state index in [1.54, 1.807) is 18.2 Å². The molecule has 1 aromatic carbocycles. The molecule has 33 heavy (non-hydrogen) atoms. The number of unbranched alkanes of at least 4 members (excludes halogenated alkanes) is 1. The summed E-state index contributed by atoms with van der Waals surface area (Å²) in [4.78, 5) is 46.8. The van der Waals surface area contributed by atoms with E-state index in [0.717, 1.165) is 25.0 Å². The van der Waals surface area contributed by atoms with E-state index < -0.39 is 5.97 Å². The van der Waals surface area contributed by atoms with Crippen molar-refractivity contribution in [2.24, 2.45) is 0 Å². The Morgan fingerprint density at radius 1 is 1.12 bits per heavy atom. The van der Waals surface area contributed by atoms with Gasteiger partial charge in [0.2, 0.25) is 5.91 Å². The number of nitrogens with one attached hydrogen (secondary N) is 4. The summed E-state index contributed by atoms with van der Waals surface area (Å²) in [6.07, 6.45) is 3.12. The number of rotatable bonds is 12. The van der Waals surface area contributed by atoms with Crippen molar-refractivity contribution < 1.29 is 28.7 Å². The molecule has 0 spiro atoms. The first kappa shape index (κ1) is 24.7. The molecule has 0 unspecified atom stereocenters. The van der Waals surface area contributed by atoms with Crippen LogP contribution in [0.1, 0.15) is 36.0 Å². The highest BCUT2D eigenvalue weighted by Gasteiger charge is 2.42. The molecule has 2 heterocycles. The van der Waals surface area contributed by atoms with Gasteiger partial charge in [0.15, 0.2) is 6.61 Å². The summed E-state index contributed by atoms with van der Waals surface area (Å²) in [7, 11) is 1.29. The second-order valence-electron chi connectivity index (χ2n) is 7.88. The minimum absolute atomic E-state index is 0.0482. The molecule has 0 aliphatic carbocycles. The SMILES string of the molecule is COC(=O)c1cccc(OCC(=O)NCCNC(=O)CCCC[C@@H]2SC[C@@H]3NC(=O)N[C@@H]32)c1. The molecule has 0 aromatic heterocycles. The van der Waals surface area contributed by atoms with Gasteiger partial charge in [0.05, 0.1) is 24.8 Å².